The summed E-state index contributed by atoms with van der Waals surface area (Å²) in [6.07, 6.45) is 2.62. The third kappa shape index (κ3) is 5.27. The minimum Gasteiger partial charge on any atom is -0.493 e. The van der Waals surface area contributed by atoms with Gasteiger partial charge in [0.2, 0.25) is 5.91 Å². The molecule has 2 aromatic carbocycles. The maximum Gasteiger partial charge on any atom is 0.256 e. The number of halogens is 3. The summed E-state index contributed by atoms with van der Waals surface area (Å²) in [5.74, 6) is -4.01. The van der Waals surface area contributed by atoms with Crippen LogP contribution in [0.25, 0.3) is 5.69 Å². The standard InChI is InChI=1S/C26H24F3N3O4/c27-17-7-5-16(6-8-17)25(35)19-9-10-23(34)32(26(19)30)24-20(28)14-18(15-21(24)29)36-13-3-4-22(33)31-11-1-2-12-31/h5-10,14-15H,1-4,11-13,30H2. The molecule has 1 aromatic heterocycles. The van der Waals surface area contributed by atoms with Gasteiger partial charge in [-0.2, -0.15) is 0 Å². The Balaban J connectivity index is 1.53. The largest absolute Gasteiger partial charge is 0.493 e. The van der Waals surface area contributed by atoms with Gasteiger partial charge in [0.15, 0.2) is 17.4 Å². The summed E-state index contributed by atoms with van der Waals surface area (Å²) in [7, 11) is 0. The zero-order valence-corrected chi connectivity index (χ0v) is 19.3. The molecule has 188 valence electrons. The number of pyridine rings is 1. The van der Waals surface area contributed by atoms with E-state index in [-0.39, 0.29) is 35.8 Å². The Hall–Kier alpha value is -4.08. The molecule has 7 nitrogen and oxygen atoms in total. The summed E-state index contributed by atoms with van der Waals surface area (Å²) >= 11 is 0. The fourth-order valence-corrected chi connectivity index (χ4v) is 4.11. The molecule has 0 radical (unpaired) electrons. The Morgan fingerprint density at radius 3 is 2.22 bits per heavy atom. The zero-order chi connectivity index (χ0) is 25.8. The number of rotatable bonds is 8. The highest BCUT2D eigenvalue weighted by atomic mass is 19.1. The number of hydrogen-bond donors (Lipinski definition) is 1. The monoisotopic (exact) mass is 499 g/mol. The molecule has 4 rings (SSSR count). The molecule has 2 heterocycles. The van der Waals surface area contributed by atoms with Gasteiger partial charge < -0.3 is 15.4 Å². The first-order chi connectivity index (χ1) is 17.3. The average molecular weight is 499 g/mol. The zero-order valence-electron chi connectivity index (χ0n) is 19.3. The Kier molecular flexibility index (Phi) is 7.42. The molecular formula is C26H24F3N3O4. The first kappa shape index (κ1) is 25.0. The van der Waals surface area contributed by atoms with E-state index in [1.165, 1.54) is 12.1 Å². The Labute approximate surface area is 204 Å². The summed E-state index contributed by atoms with van der Waals surface area (Å²) < 4.78 is 49.1. The van der Waals surface area contributed by atoms with Crippen LogP contribution in [0.2, 0.25) is 0 Å². The number of ether oxygens (including phenoxy) is 1. The van der Waals surface area contributed by atoms with Crippen molar-refractivity contribution >= 4 is 17.5 Å². The lowest BCUT2D eigenvalue weighted by Gasteiger charge is -2.16. The molecule has 0 spiro atoms. The molecule has 1 fully saturated rings. The van der Waals surface area contributed by atoms with Gasteiger partial charge in [-0.05, 0) is 49.6 Å². The second kappa shape index (κ2) is 10.7. The lowest BCUT2D eigenvalue weighted by Crippen LogP contribution is -2.27. The van der Waals surface area contributed by atoms with Crippen molar-refractivity contribution in [1.82, 2.24) is 9.47 Å². The Bertz CT molecular complexity index is 1330. The number of carbonyl (C=O) groups excluding carboxylic acids is 2. The second-order valence-corrected chi connectivity index (χ2v) is 8.42. The molecule has 1 aliphatic rings. The maximum atomic E-state index is 15.0. The van der Waals surface area contributed by atoms with Crippen LogP contribution in [0.15, 0.2) is 53.3 Å². The molecule has 36 heavy (non-hydrogen) atoms. The number of ketones is 1. The van der Waals surface area contributed by atoms with Gasteiger partial charge in [-0.15, -0.1) is 0 Å². The molecule has 3 aromatic rings. The number of carbonyl (C=O) groups is 2. The normalized spacial score (nSPS) is 13.1. The van der Waals surface area contributed by atoms with Crippen LogP contribution in [0.1, 0.15) is 41.6 Å². The molecule has 1 amide bonds. The van der Waals surface area contributed by atoms with E-state index in [1.807, 2.05) is 0 Å². The average Bonchev–Trinajstić information content (AvgIpc) is 3.39. The Morgan fingerprint density at radius 2 is 1.58 bits per heavy atom. The number of amides is 1. The van der Waals surface area contributed by atoms with Crippen molar-refractivity contribution in [1.29, 1.82) is 0 Å². The number of hydrogen-bond acceptors (Lipinski definition) is 5. The first-order valence-corrected chi connectivity index (χ1v) is 11.5. The van der Waals surface area contributed by atoms with Crippen molar-refractivity contribution in [3.63, 3.8) is 0 Å². The number of likely N-dealkylation sites (tertiary alicyclic amines) is 1. The van der Waals surface area contributed by atoms with Gasteiger partial charge in [0.1, 0.15) is 23.1 Å². The van der Waals surface area contributed by atoms with Crippen LogP contribution in [-0.2, 0) is 4.79 Å². The fourth-order valence-electron chi connectivity index (χ4n) is 4.11. The SMILES string of the molecule is Nc1c(C(=O)c2ccc(F)cc2)ccc(=O)n1-c1c(F)cc(OCCCC(=O)N2CCCC2)cc1F. The van der Waals surface area contributed by atoms with Crippen LogP contribution in [0, 0.1) is 17.5 Å². The molecule has 1 aliphatic heterocycles. The molecule has 0 aliphatic carbocycles. The molecular weight excluding hydrogens is 475 g/mol. The highest BCUT2D eigenvalue weighted by Crippen LogP contribution is 2.27. The van der Waals surface area contributed by atoms with Gasteiger partial charge in [0, 0.05) is 43.3 Å². The van der Waals surface area contributed by atoms with Crippen molar-refractivity contribution in [3.8, 4) is 11.4 Å². The summed E-state index contributed by atoms with van der Waals surface area (Å²) in [5.41, 5.74) is 4.30. The number of anilines is 1. The van der Waals surface area contributed by atoms with Crippen LogP contribution in [0.3, 0.4) is 0 Å². The van der Waals surface area contributed by atoms with Crippen molar-refractivity contribution in [2.45, 2.75) is 25.7 Å². The van der Waals surface area contributed by atoms with Crippen molar-refractivity contribution in [3.05, 3.63) is 87.5 Å². The highest BCUT2D eigenvalue weighted by molar-refractivity contribution is 6.11. The third-order valence-electron chi connectivity index (χ3n) is 5.96. The van der Waals surface area contributed by atoms with E-state index >= 15 is 0 Å². The van der Waals surface area contributed by atoms with E-state index in [0.717, 1.165) is 62.3 Å². The van der Waals surface area contributed by atoms with Crippen LogP contribution in [0.5, 0.6) is 5.75 Å². The van der Waals surface area contributed by atoms with Crippen molar-refractivity contribution in [2.75, 3.05) is 25.4 Å². The number of nitrogen functional groups attached to an aromatic ring is 1. The molecule has 10 heteroatoms. The van der Waals surface area contributed by atoms with Crippen LogP contribution in [0.4, 0.5) is 19.0 Å². The van der Waals surface area contributed by atoms with Crippen LogP contribution >= 0.6 is 0 Å². The molecule has 1 saturated heterocycles. The number of nitrogens with two attached hydrogens (primary N) is 1. The third-order valence-corrected chi connectivity index (χ3v) is 5.96. The lowest BCUT2D eigenvalue weighted by atomic mass is 10.0. The van der Waals surface area contributed by atoms with Crippen molar-refractivity contribution < 1.29 is 27.5 Å². The second-order valence-electron chi connectivity index (χ2n) is 8.42. The van der Waals surface area contributed by atoms with E-state index in [2.05, 4.69) is 0 Å². The van der Waals surface area contributed by atoms with Gasteiger partial charge in [-0.3, -0.25) is 19.0 Å². The van der Waals surface area contributed by atoms with Gasteiger partial charge >= 0.3 is 0 Å². The molecule has 0 saturated carbocycles. The molecule has 0 atom stereocenters. The van der Waals surface area contributed by atoms with Gasteiger partial charge in [-0.25, -0.2) is 13.2 Å². The van der Waals surface area contributed by atoms with Crippen LogP contribution < -0.4 is 16.0 Å². The predicted octanol–water partition coefficient (Wildman–Crippen LogP) is 3.85. The van der Waals surface area contributed by atoms with Crippen LogP contribution in [-0.4, -0.2) is 40.9 Å². The number of nitrogens with zero attached hydrogens (tertiary/aromatic N) is 2. The lowest BCUT2D eigenvalue weighted by molar-refractivity contribution is -0.130. The van der Waals surface area contributed by atoms with E-state index in [1.54, 1.807) is 4.90 Å². The predicted molar refractivity (Wildman–Crippen MR) is 127 cm³/mol. The minimum absolute atomic E-state index is 0.0220. The number of aromatic nitrogens is 1. The summed E-state index contributed by atoms with van der Waals surface area (Å²) in [6.45, 7) is 1.56. The molecule has 0 unspecified atom stereocenters. The maximum absolute atomic E-state index is 15.0. The molecule has 0 bridgehead atoms. The fraction of sp³-hybridized carbons (Fsp3) is 0.269. The number of benzene rings is 2. The minimum atomic E-state index is -1.13. The van der Waals surface area contributed by atoms with E-state index in [0.29, 0.717) is 11.0 Å². The van der Waals surface area contributed by atoms with Gasteiger partial charge in [0.05, 0.1) is 12.2 Å². The highest BCUT2D eigenvalue weighted by Gasteiger charge is 2.22. The summed E-state index contributed by atoms with van der Waals surface area (Å²) in [5, 5.41) is 0. The summed E-state index contributed by atoms with van der Waals surface area (Å²) in [4.78, 5) is 39.2. The van der Waals surface area contributed by atoms with E-state index < -0.39 is 40.3 Å². The quantitative estimate of drug-likeness (QED) is 0.375. The van der Waals surface area contributed by atoms with Crippen molar-refractivity contribution in [2.24, 2.45) is 0 Å². The summed E-state index contributed by atoms with van der Waals surface area (Å²) in [6, 6.07) is 8.56. The van der Waals surface area contributed by atoms with Gasteiger partial charge in [-0.1, -0.05) is 0 Å². The smallest absolute Gasteiger partial charge is 0.256 e. The molecule has 2 N–H and O–H groups in total. The van der Waals surface area contributed by atoms with E-state index in [9.17, 15) is 27.6 Å². The topological polar surface area (TPSA) is 94.6 Å². The van der Waals surface area contributed by atoms with E-state index in [4.69, 9.17) is 10.5 Å². The van der Waals surface area contributed by atoms with Gasteiger partial charge in [0.25, 0.3) is 5.56 Å². The first-order valence-electron chi connectivity index (χ1n) is 11.5. The Morgan fingerprint density at radius 1 is 0.944 bits per heavy atom.